The first-order valence-corrected chi connectivity index (χ1v) is 9.50. The van der Waals surface area contributed by atoms with Crippen molar-refractivity contribution in [2.45, 2.75) is 24.7 Å². The Hall–Kier alpha value is -1.43. The van der Waals surface area contributed by atoms with Gasteiger partial charge < -0.3 is 44.0 Å². The second kappa shape index (κ2) is 8.13. The number of pyridine rings is 1. The van der Waals surface area contributed by atoms with E-state index in [0.29, 0.717) is 11.7 Å². The lowest BCUT2D eigenvalue weighted by molar-refractivity contribution is -0.001000. The first kappa shape index (κ1) is 21.3. The standard InChI is InChI=1S/C23H24N2O.2BrH/c1-25-10-9-23(18-6-4-7-20(26)13-18)14-22-17(12-19(23)15-25)11-16-5-2-3-8-21(16)24-22;;/h2-8,11,13,19,26H,9-10,12,14-15H2,1H3;2*1H/p-2. The topological polar surface area (TPSA) is 36.4 Å². The minimum absolute atomic E-state index is 0. The summed E-state index contributed by atoms with van der Waals surface area (Å²) >= 11 is 0. The maximum absolute atomic E-state index is 10.1. The number of hydrogen-bond donors (Lipinski definition) is 1. The van der Waals surface area contributed by atoms with E-state index in [-0.39, 0.29) is 39.4 Å². The molecule has 3 nitrogen and oxygen atoms in total. The van der Waals surface area contributed by atoms with E-state index in [1.165, 1.54) is 22.2 Å². The molecule has 1 aliphatic carbocycles. The van der Waals surface area contributed by atoms with Gasteiger partial charge in [0.1, 0.15) is 5.75 Å². The van der Waals surface area contributed by atoms with Crippen LogP contribution in [-0.4, -0.2) is 35.1 Å². The smallest absolute Gasteiger partial charge is 0.115 e. The van der Waals surface area contributed by atoms with Crippen LogP contribution in [0.5, 0.6) is 5.75 Å². The third-order valence-corrected chi connectivity index (χ3v) is 6.52. The van der Waals surface area contributed by atoms with Crippen molar-refractivity contribution in [2.75, 3.05) is 20.1 Å². The number of aromatic hydroxyl groups is 1. The molecule has 148 valence electrons. The number of hydrogen-bond acceptors (Lipinski definition) is 3. The van der Waals surface area contributed by atoms with Gasteiger partial charge in [0.25, 0.3) is 0 Å². The minimum atomic E-state index is 0. The number of para-hydroxylation sites is 1. The van der Waals surface area contributed by atoms with Crippen LogP contribution in [0.15, 0.2) is 54.6 Å². The Bertz CT molecular complexity index is 993. The molecule has 2 heterocycles. The van der Waals surface area contributed by atoms with Crippen LogP contribution in [0.25, 0.3) is 10.9 Å². The molecule has 0 saturated carbocycles. The molecule has 0 spiro atoms. The van der Waals surface area contributed by atoms with Crippen molar-refractivity contribution in [2.24, 2.45) is 5.92 Å². The monoisotopic (exact) mass is 502 g/mol. The van der Waals surface area contributed by atoms with Gasteiger partial charge in [-0.2, -0.15) is 0 Å². The van der Waals surface area contributed by atoms with Gasteiger partial charge in [-0.05, 0) is 67.7 Å². The number of aromatic nitrogens is 1. The zero-order valence-corrected chi connectivity index (χ0v) is 19.1. The van der Waals surface area contributed by atoms with Gasteiger partial charge in [-0.1, -0.05) is 30.3 Å². The number of benzene rings is 2. The van der Waals surface area contributed by atoms with Crippen LogP contribution in [0.2, 0.25) is 0 Å². The maximum Gasteiger partial charge on any atom is 0.115 e. The van der Waals surface area contributed by atoms with Crippen LogP contribution < -0.4 is 34.0 Å². The van der Waals surface area contributed by atoms with E-state index in [1.807, 2.05) is 12.1 Å². The molecule has 2 aliphatic rings. The van der Waals surface area contributed by atoms with Crippen molar-refractivity contribution in [1.82, 2.24) is 9.88 Å². The average molecular weight is 504 g/mol. The second-order valence-corrected chi connectivity index (χ2v) is 8.08. The van der Waals surface area contributed by atoms with Gasteiger partial charge in [0.15, 0.2) is 0 Å². The lowest BCUT2D eigenvalue weighted by atomic mass is 9.58. The fourth-order valence-corrected chi connectivity index (χ4v) is 5.12. The largest absolute Gasteiger partial charge is 1.00 e. The summed E-state index contributed by atoms with van der Waals surface area (Å²) in [5.74, 6) is 0.922. The fraction of sp³-hybridized carbons (Fsp3) is 0.348. The molecule has 5 heteroatoms. The third kappa shape index (κ3) is 3.49. The van der Waals surface area contributed by atoms with E-state index in [2.05, 4.69) is 48.3 Å². The van der Waals surface area contributed by atoms with E-state index in [1.54, 1.807) is 6.07 Å². The predicted molar refractivity (Wildman–Crippen MR) is 105 cm³/mol. The predicted octanol–water partition coefficient (Wildman–Crippen LogP) is -2.06. The first-order chi connectivity index (χ1) is 12.6. The molecule has 28 heavy (non-hydrogen) atoms. The Labute approximate surface area is 187 Å². The number of phenolic OH excluding ortho intramolecular Hbond substituents is 1. The highest BCUT2D eigenvalue weighted by Gasteiger charge is 2.47. The van der Waals surface area contributed by atoms with Gasteiger partial charge in [0.2, 0.25) is 0 Å². The van der Waals surface area contributed by atoms with Gasteiger partial charge in [-0.15, -0.1) is 0 Å². The molecule has 2 unspecified atom stereocenters. The fourth-order valence-electron chi connectivity index (χ4n) is 5.12. The zero-order valence-electron chi connectivity index (χ0n) is 15.9. The van der Waals surface area contributed by atoms with Gasteiger partial charge >= 0.3 is 0 Å². The molecule has 1 aliphatic heterocycles. The number of rotatable bonds is 1. The molecular formula is C23H24Br2N2O-2. The summed E-state index contributed by atoms with van der Waals surface area (Å²) < 4.78 is 0. The van der Waals surface area contributed by atoms with Crippen molar-refractivity contribution in [3.05, 3.63) is 71.4 Å². The van der Waals surface area contributed by atoms with E-state index in [4.69, 9.17) is 4.98 Å². The highest BCUT2D eigenvalue weighted by atomic mass is 79.9. The second-order valence-electron chi connectivity index (χ2n) is 8.08. The van der Waals surface area contributed by atoms with Crippen LogP contribution in [0.3, 0.4) is 0 Å². The SMILES string of the molecule is CN1CCC2(c3cccc(O)c3)Cc3nc4ccccc4cc3CC2C1.[Br-].[Br-]. The molecule has 1 N–H and O–H groups in total. The summed E-state index contributed by atoms with van der Waals surface area (Å²) in [6.07, 6.45) is 3.15. The molecule has 0 radical (unpaired) electrons. The molecule has 3 aromatic rings. The lowest BCUT2D eigenvalue weighted by Gasteiger charge is -2.50. The molecule has 1 aromatic heterocycles. The van der Waals surface area contributed by atoms with Crippen molar-refractivity contribution in [3.8, 4) is 5.75 Å². The molecule has 2 aromatic carbocycles. The van der Waals surface area contributed by atoms with E-state index in [0.717, 1.165) is 37.9 Å². The van der Waals surface area contributed by atoms with Crippen LogP contribution >= 0.6 is 0 Å². The summed E-state index contributed by atoms with van der Waals surface area (Å²) in [5.41, 5.74) is 5.08. The number of nitrogens with zero attached hydrogens (tertiary/aromatic N) is 2. The summed E-state index contributed by atoms with van der Waals surface area (Å²) in [5, 5.41) is 11.3. The van der Waals surface area contributed by atoms with Crippen molar-refractivity contribution in [1.29, 1.82) is 0 Å². The molecular weight excluding hydrogens is 480 g/mol. The van der Waals surface area contributed by atoms with Crippen LogP contribution in [0.1, 0.15) is 23.2 Å². The number of fused-ring (bicyclic) bond motifs is 3. The van der Waals surface area contributed by atoms with Crippen molar-refractivity contribution in [3.63, 3.8) is 0 Å². The van der Waals surface area contributed by atoms with Crippen LogP contribution in [0.4, 0.5) is 0 Å². The molecule has 1 fully saturated rings. The van der Waals surface area contributed by atoms with E-state index < -0.39 is 0 Å². The first-order valence-electron chi connectivity index (χ1n) is 9.50. The highest BCUT2D eigenvalue weighted by molar-refractivity contribution is 5.79. The number of likely N-dealkylation sites (tertiary alicyclic amines) is 1. The summed E-state index contributed by atoms with van der Waals surface area (Å²) in [4.78, 5) is 7.49. The molecule has 1 saturated heterocycles. The number of piperidine rings is 1. The van der Waals surface area contributed by atoms with Gasteiger partial charge in [0.05, 0.1) is 5.52 Å². The third-order valence-electron chi connectivity index (χ3n) is 6.52. The molecule has 0 amide bonds. The Morgan fingerprint density at radius 3 is 2.71 bits per heavy atom. The summed E-state index contributed by atoms with van der Waals surface area (Å²) in [7, 11) is 2.22. The van der Waals surface area contributed by atoms with Gasteiger partial charge in [-0.3, -0.25) is 4.98 Å². The minimum Gasteiger partial charge on any atom is -1.00 e. The Morgan fingerprint density at radius 1 is 1.07 bits per heavy atom. The quantitative estimate of drug-likeness (QED) is 0.415. The Kier molecular flexibility index (Phi) is 6.18. The molecule has 2 atom stereocenters. The Balaban J connectivity index is 0.00000112. The van der Waals surface area contributed by atoms with Crippen molar-refractivity contribution < 1.29 is 39.1 Å². The van der Waals surface area contributed by atoms with Crippen LogP contribution in [0, 0.1) is 5.92 Å². The lowest BCUT2D eigenvalue weighted by Crippen LogP contribution is -3.00. The van der Waals surface area contributed by atoms with E-state index >= 15 is 0 Å². The van der Waals surface area contributed by atoms with Gasteiger partial charge in [0, 0.05) is 29.5 Å². The highest BCUT2D eigenvalue weighted by Crippen LogP contribution is 2.48. The Morgan fingerprint density at radius 2 is 1.89 bits per heavy atom. The van der Waals surface area contributed by atoms with Gasteiger partial charge in [-0.25, -0.2) is 0 Å². The van der Waals surface area contributed by atoms with E-state index in [9.17, 15) is 5.11 Å². The summed E-state index contributed by atoms with van der Waals surface area (Å²) in [6.45, 7) is 2.19. The average Bonchev–Trinajstić information content (AvgIpc) is 2.65. The number of phenols is 1. The van der Waals surface area contributed by atoms with Crippen LogP contribution in [-0.2, 0) is 18.3 Å². The maximum atomic E-state index is 10.1. The summed E-state index contributed by atoms with van der Waals surface area (Å²) in [6, 6.07) is 18.7. The van der Waals surface area contributed by atoms with Crippen molar-refractivity contribution >= 4 is 10.9 Å². The molecule has 0 bridgehead atoms. The normalized spacial score (nSPS) is 23.8. The zero-order chi connectivity index (χ0) is 17.7. The number of halogens is 2. The molecule has 5 rings (SSSR count).